The lowest BCUT2D eigenvalue weighted by molar-refractivity contribution is -0.384. The minimum atomic E-state index is -0.768. The van der Waals surface area contributed by atoms with Crippen molar-refractivity contribution in [3.05, 3.63) is 33.8 Å². The van der Waals surface area contributed by atoms with Crippen molar-refractivity contribution in [3.8, 4) is 11.5 Å². The van der Waals surface area contributed by atoms with E-state index in [1.54, 1.807) is 5.38 Å². The molecule has 8 nitrogen and oxygen atoms in total. The molecule has 18 heavy (non-hydrogen) atoms. The maximum atomic E-state index is 10.8. The molecular formula is C9H6N4O4S. The average Bonchev–Trinajstić information content (AvgIpc) is 2.79. The highest BCUT2D eigenvalue weighted by molar-refractivity contribution is 7.13. The third kappa shape index (κ3) is 2.40. The highest BCUT2D eigenvalue weighted by atomic mass is 32.1. The van der Waals surface area contributed by atoms with E-state index in [4.69, 9.17) is 0 Å². The molecule has 92 valence electrons. The maximum Gasteiger partial charge on any atom is 0.304 e. The van der Waals surface area contributed by atoms with Gasteiger partial charge in [-0.05, 0) is 0 Å². The lowest BCUT2D eigenvalue weighted by Crippen LogP contribution is -1.88. The molecule has 0 aliphatic heterocycles. The van der Waals surface area contributed by atoms with Crippen LogP contribution in [-0.2, 0) is 0 Å². The van der Waals surface area contributed by atoms with Crippen LogP contribution >= 0.6 is 11.3 Å². The fourth-order valence-electron chi connectivity index (χ4n) is 1.19. The number of rotatable bonds is 3. The highest BCUT2D eigenvalue weighted by Gasteiger charge is 2.19. The van der Waals surface area contributed by atoms with Crippen LogP contribution in [0.15, 0.2) is 33.9 Å². The number of nitro groups is 1. The zero-order valence-corrected chi connectivity index (χ0v) is 9.53. The molecule has 1 aromatic heterocycles. The number of aromatic nitrogens is 1. The fourth-order valence-corrected chi connectivity index (χ4v) is 1.64. The third-order valence-corrected chi connectivity index (χ3v) is 2.56. The van der Waals surface area contributed by atoms with Crippen molar-refractivity contribution >= 4 is 27.8 Å². The Balaban J connectivity index is 2.46. The number of benzene rings is 1. The number of azo groups is 1. The first kappa shape index (κ1) is 11.9. The fraction of sp³-hybridized carbons (Fsp3) is 0. The highest BCUT2D eigenvalue weighted by Crippen LogP contribution is 2.40. The first-order valence-electron chi connectivity index (χ1n) is 4.59. The summed E-state index contributed by atoms with van der Waals surface area (Å²) in [5.41, 5.74) is -0.860. The van der Waals surface area contributed by atoms with Gasteiger partial charge in [-0.25, -0.2) is 4.98 Å². The van der Waals surface area contributed by atoms with Gasteiger partial charge in [0, 0.05) is 17.6 Å². The topological polar surface area (TPSA) is 121 Å². The predicted molar refractivity (Wildman–Crippen MR) is 62.7 cm³/mol. The Kier molecular flexibility index (Phi) is 3.15. The minimum Gasteiger partial charge on any atom is -0.508 e. The third-order valence-electron chi connectivity index (χ3n) is 1.91. The Bertz CT molecular complexity index is 611. The number of phenols is 2. The van der Waals surface area contributed by atoms with Crippen LogP contribution < -0.4 is 0 Å². The van der Waals surface area contributed by atoms with Gasteiger partial charge in [0.25, 0.3) is 0 Å². The second kappa shape index (κ2) is 4.75. The molecule has 0 radical (unpaired) electrons. The Hall–Kier alpha value is -2.55. The van der Waals surface area contributed by atoms with Crippen LogP contribution in [0.5, 0.6) is 11.5 Å². The van der Waals surface area contributed by atoms with Crippen LogP contribution in [0.25, 0.3) is 0 Å². The largest absolute Gasteiger partial charge is 0.508 e. The number of thiazole rings is 1. The van der Waals surface area contributed by atoms with E-state index in [2.05, 4.69) is 15.2 Å². The summed E-state index contributed by atoms with van der Waals surface area (Å²) in [6.07, 6.45) is 1.50. The van der Waals surface area contributed by atoms with Gasteiger partial charge in [-0.3, -0.25) is 10.1 Å². The molecule has 2 rings (SSSR count). The smallest absolute Gasteiger partial charge is 0.304 e. The SMILES string of the molecule is O=[N+]([O-])c1cc(O)cc(O)c1N=Nc1nccs1. The first-order valence-corrected chi connectivity index (χ1v) is 5.47. The van der Waals surface area contributed by atoms with Gasteiger partial charge in [0.2, 0.25) is 10.8 Å². The molecule has 0 amide bonds. The molecule has 0 bridgehead atoms. The quantitative estimate of drug-likeness (QED) is 0.502. The molecule has 0 saturated heterocycles. The van der Waals surface area contributed by atoms with E-state index in [1.165, 1.54) is 17.5 Å². The van der Waals surface area contributed by atoms with Gasteiger partial charge in [-0.1, -0.05) is 0 Å². The lowest BCUT2D eigenvalue weighted by atomic mass is 10.2. The van der Waals surface area contributed by atoms with Gasteiger partial charge >= 0.3 is 5.69 Å². The summed E-state index contributed by atoms with van der Waals surface area (Å²) in [5.74, 6) is -0.950. The van der Waals surface area contributed by atoms with Crippen LogP contribution in [0, 0.1) is 10.1 Å². The second-order valence-electron chi connectivity index (χ2n) is 3.10. The monoisotopic (exact) mass is 266 g/mol. The normalized spacial score (nSPS) is 10.9. The molecule has 2 N–H and O–H groups in total. The van der Waals surface area contributed by atoms with Crippen molar-refractivity contribution in [2.24, 2.45) is 10.2 Å². The van der Waals surface area contributed by atoms with Crippen molar-refractivity contribution < 1.29 is 15.1 Å². The molecule has 1 heterocycles. The number of nitrogens with zero attached hydrogens (tertiary/aromatic N) is 4. The maximum absolute atomic E-state index is 10.8. The average molecular weight is 266 g/mol. The molecule has 0 fully saturated rings. The van der Waals surface area contributed by atoms with Crippen LogP contribution in [0.4, 0.5) is 16.5 Å². The molecule has 0 atom stereocenters. The second-order valence-corrected chi connectivity index (χ2v) is 3.98. The molecule has 0 saturated carbocycles. The van der Waals surface area contributed by atoms with Gasteiger partial charge in [-0.2, -0.15) is 0 Å². The van der Waals surface area contributed by atoms with E-state index < -0.39 is 22.1 Å². The van der Waals surface area contributed by atoms with Crippen molar-refractivity contribution in [2.75, 3.05) is 0 Å². The Morgan fingerprint density at radius 3 is 2.72 bits per heavy atom. The predicted octanol–water partition coefficient (Wildman–Crippen LogP) is 2.88. The van der Waals surface area contributed by atoms with Crippen LogP contribution in [-0.4, -0.2) is 20.1 Å². The summed E-state index contributed by atoms with van der Waals surface area (Å²) in [7, 11) is 0. The molecule has 2 aromatic rings. The van der Waals surface area contributed by atoms with Crippen LogP contribution in [0.3, 0.4) is 0 Å². The molecular weight excluding hydrogens is 260 g/mol. The van der Waals surface area contributed by atoms with E-state index in [9.17, 15) is 20.3 Å². The zero-order chi connectivity index (χ0) is 13.1. The number of nitro benzene ring substituents is 1. The summed E-state index contributed by atoms with van der Waals surface area (Å²) in [6.45, 7) is 0. The molecule has 0 spiro atoms. The van der Waals surface area contributed by atoms with Gasteiger partial charge in [0.15, 0.2) is 5.75 Å². The van der Waals surface area contributed by atoms with Crippen LogP contribution in [0.2, 0.25) is 0 Å². The molecule has 1 aromatic carbocycles. The molecule has 9 heteroatoms. The van der Waals surface area contributed by atoms with E-state index in [-0.39, 0.29) is 5.69 Å². The summed E-state index contributed by atoms with van der Waals surface area (Å²) >= 11 is 1.19. The van der Waals surface area contributed by atoms with E-state index in [0.717, 1.165) is 12.1 Å². The van der Waals surface area contributed by atoms with Gasteiger partial charge in [0.05, 0.1) is 11.0 Å². The summed E-state index contributed by atoms with van der Waals surface area (Å²) in [5, 5.41) is 38.6. The van der Waals surface area contributed by atoms with E-state index in [1.807, 2.05) is 0 Å². The lowest BCUT2D eigenvalue weighted by Gasteiger charge is -2.00. The summed E-state index contributed by atoms with van der Waals surface area (Å²) in [6, 6.07) is 1.83. The molecule has 0 aliphatic carbocycles. The minimum absolute atomic E-state index is 0.303. The van der Waals surface area contributed by atoms with Gasteiger partial charge in [-0.15, -0.1) is 21.6 Å². The van der Waals surface area contributed by atoms with Crippen molar-refractivity contribution in [2.45, 2.75) is 0 Å². The summed E-state index contributed by atoms with van der Waals surface area (Å²) in [4.78, 5) is 13.8. The Morgan fingerprint density at radius 2 is 2.11 bits per heavy atom. The Morgan fingerprint density at radius 1 is 1.33 bits per heavy atom. The number of aromatic hydroxyl groups is 2. The number of hydrogen-bond donors (Lipinski definition) is 2. The van der Waals surface area contributed by atoms with Crippen molar-refractivity contribution in [1.29, 1.82) is 0 Å². The van der Waals surface area contributed by atoms with Gasteiger partial charge < -0.3 is 10.2 Å². The van der Waals surface area contributed by atoms with Crippen molar-refractivity contribution in [1.82, 2.24) is 4.98 Å². The summed E-state index contributed by atoms with van der Waals surface area (Å²) < 4.78 is 0. The molecule has 0 unspecified atom stereocenters. The molecule has 0 aliphatic rings. The van der Waals surface area contributed by atoms with E-state index >= 15 is 0 Å². The number of hydrogen-bond acceptors (Lipinski definition) is 8. The first-order chi connectivity index (χ1) is 8.58. The van der Waals surface area contributed by atoms with Crippen LogP contribution in [0.1, 0.15) is 0 Å². The van der Waals surface area contributed by atoms with E-state index in [0.29, 0.717) is 5.13 Å². The zero-order valence-electron chi connectivity index (χ0n) is 8.72. The number of phenolic OH excluding ortho intramolecular Hbond substituents is 2. The Labute approximate surface area is 104 Å². The standard InChI is InChI=1S/C9H6N4O4S/c14-5-3-6(13(16)17)8(7(15)4-5)11-12-9-10-1-2-18-9/h1-4,14-15H. The van der Waals surface area contributed by atoms with Gasteiger partial charge in [0.1, 0.15) is 5.75 Å². The van der Waals surface area contributed by atoms with Crippen molar-refractivity contribution in [3.63, 3.8) is 0 Å².